The molecule has 2 aromatic rings. The highest BCUT2D eigenvalue weighted by molar-refractivity contribution is 7.08. The van der Waals surface area contributed by atoms with Crippen LogP contribution >= 0.6 is 22.9 Å². The molecule has 4 heteroatoms. The number of ether oxygens (including phenoxy) is 1. The zero-order chi connectivity index (χ0) is 13.7. The highest BCUT2D eigenvalue weighted by atomic mass is 35.5. The van der Waals surface area contributed by atoms with Crippen LogP contribution in [-0.4, -0.2) is 6.61 Å². The van der Waals surface area contributed by atoms with Crippen LogP contribution in [0.25, 0.3) is 0 Å². The molecule has 0 aliphatic heterocycles. The maximum atomic E-state index is 6.07. The van der Waals surface area contributed by atoms with Gasteiger partial charge in [-0.2, -0.15) is 11.3 Å². The number of hydrogen-bond donors (Lipinski definition) is 1. The highest BCUT2D eigenvalue weighted by Gasteiger charge is 2.10. The van der Waals surface area contributed by atoms with Crippen LogP contribution in [-0.2, 0) is 0 Å². The van der Waals surface area contributed by atoms with Gasteiger partial charge in [-0.15, -0.1) is 0 Å². The number of thiophene rings is 1. The average Bonchev–Trinajstić information content (AvgIpc) is 2.92. The van der Waals surface area contributed by atoms with Crippen molar-refractivity contribution in [2.45, 2.75) is 26.3 Å². The van der Waals surface area contributed by atoms with E-state index in [2.05, 4.69) is 36.0 Å². The molecule has 102 valence electrons. The molecular weight excluding hydrogens is 278 g/mol. The van der Waals surface area contributed by atoms with Crippen LogP contribution in [0.1, 0.15) is 31.9 Å². The molecule has 0 saturated heterocycles. The Balaban J connectivity index is 2.15. The highest BCUT2D eigenvalue weighted by Crippen LogP contribution is 2.31. The fraction of sp³-hybridized carbons (Fsp3) is 0.333. The Bertz CT molecular complexity index is 513. The first kappa shape index (κ1) is 14.2. The Morgan fingerprint density at radius 1 is 1.37 bits per heavy atom. The van der Waals surface area contributed by atoms with Crippen molar-refractivity contribution in [3.63, 3.8) is 0 Å². The van der Waals surface area contributed by atoms with Crippen molar-refractivity contribution in [3.05, 3.63) is 45.6 Å². The summed E-state index contributed by atoms with van der Waals surface area (Å²) in [6.07, 6.45) is 0.988. The molecule has 2 rings (SSSR count). The van der Waals surface area contributed by atoms with Gasteiger partial charge in [-0.05, 0) is 53.9 Å². The molecule has 0 aliphatic rings. The molecule has 2 nitrogen and oxygen atoms in total. The number of benzene rings is 1. The monoisotopic (exact) mass is 295 g/mol. The number of halogens is 1. The molecule has 0 aliphatic carbocycles. The zero-order valence-corrected chi connectivity index (χ0v) is 12.7. The first-order valence-electron chi connectivity index (χ1n) is 6.41. The van der Waals surface area contributed by atoms with Gasteiger partial charge in [-0.25, -0.2) is 0 Å². The standard InChI is InChI=1S/C15H18ClNOS/c1-3-7-18-15-5-4-13(16)9-14(15)17-11(2)12-6-8-19-10-12/h4-6,8-11,17H,3,7H2,1-2H3. The van der Waals surface area contributed by atoms with E-state index in [9.17, 15) is 0 Å². The molecule has 1 N–H and O–H groups in total. The van der Waals surface area contributed by atoms with Gasteiger partial charge in [0.05, 0.1) is 12.3 Å². The molecule has 0 amide bonds. The van der Waals surface area contributed by atoms with Gasteiger partial charge in [-0.3, -0.25) is 0 Å². The number of nitrogens with one attached hydrogen (secondary N) is 1. The Morgan fingerprint density at radius 3 is 2.89 bits per heavy atom. The average molecular weight is 296 g/mol. The smallest absolute Gasteiger partial charge is 0.142 e. The summed E-state index contributed by atoms with van der Waals surface area (Å²) in [4.78, 5) is 0. The van der Waals surface area contributed by atoms with E-state index in [0.717, 1.165) is 17.9 Å². The molecule has 1 atom stereocenters. The lowest BCUT2D eigenvalue weighted by Crippen LogP contribution is -2.07. The van der Waals surface area contributed by atoms with Crippen LogP contribution in [0.15, 0.2) is 35.0 Å². The lowest BCUT2D eigenvalue weighted by atomic mass is 10.1. The van der Waals surface area contributed by atoms with Crippen molar-refractivity contribution in [1.29, 1.82) is 0 Å². The predicted molar refractivity (Wildman–Crippen MR) is 83.6 cm³/mol. The second-order valence-electron chi connectivity index (χ2n) is 4.41. The van der Waals surface area contributed by atoms with Crippen molar-refractivity contribution >= 4 is 28.6 Å². The lowest BCUT2D eigenvalue weighted by molar-refractivity contribution is 0.318. The van der Waals surface area contributed by atoms with E-state index in [-0.39, 0.29) is 6.04 Å². The molecule has 1 unspecified atom stereocenters. The minimum atomic E-state index is 0.230. The Morgan fingerprint density at radius 2 is 2.21 bits per heavy atom. The summed E-state index contributed by atoms with van der Waals surface area (Å²) in [7, 11) is 0. The van der Waals surface area contributed by atoms with Gasteiger partial charge in [0, 0.05) is 11.1 Å². The SMILES string of the molecule is CCCOc1ccc(Cl)cc1NC(C)c1ccsc1. The maximum Gasteiger partial charge on any atom is 0.142 e. The fourth-order valence-corrected chi connectivity index (χ4v) is 2.72. The molecule has 0 bridgehead atoms. The number of hydrogen-bond acceptors (Lipinski definition) is 3. The van der Waals surface area contributed by atoms with E-state index >= 15 is 0 Å². The number of rotatable bonds is 6. The van der Waals surface area contributed by atoms with Crippen molar-refractivity contribution in [1.82, 2.24) is 0 Å². The predicted octanol–water partition coefficient (Wildman–Crippen LogP) is 5.36. The largest absolute Gasteiger partial charge is 0.491 e. The summed E-state index contributed by atoms with van der Waals surface area (Å²) in [5, 5.41) is 8.40. The van der Waals surface area contributed by atoms with E-state index in [1.165, 1.54) is 5.56 Å². The summed E-state index contributed by atoms with van der Waals surface area (Å²) in [6.45, 7) is 4.94. The third-order valence-electron chi connectivity index (χ3n) is 2.82. The van der Waals surface area contributed by atoms with Gasteiger partial charge in [0.2, 0.25) is 0 Å². The van der Waals surface area contributed by atoms with E-state index < -0.39 is 0 Å². The summed E-state index contributed by atoms with van der Waals surface area (Å²) >= 11 is 7.77. The Kier molecular flexibility index (Phi) is 5.11. The molecule has 0 spiro atoms. The number of anilines is 1. The van der Waals surface area contributed by atoms with Crippen molar-refractivity contribution in [2.75, 3.05) is 11.9 Å². The van der Waals surface area contributed by atoms with E-state index in [1.54, 1.807) is 11.3 Å². The van der Waals surface area contributed by atoms with Gasteiger partial charge < -0.3 is 10.1 Å². The van der Waals surface area contributed by atoms with Gasteiger partial charge in [0.15, 0.2) is 0 Å². The molecular formula is C15H18ClNOS. The Labute approximate surface area is 123 Å². The molecule has 19 heavy (non-hydrogen) atoms. The van der Waals surface area contributed by atoms with Gasteiger partial charge in [0.1, 0.15) is 5.75 Å². The fourth-order valence-electron chi connectivity index (χ4n) is 1.79. The van der Waals surface area contributed by atoms with Crippen LogP contribution in [0.2, 0.25) is 5.02 Å². The molecule has 0 fully saturated rings. The summed E-state index contributed by atoms with van der Waals surface area (Å²) in [5.41, 5.74) is 2.21. The van der Waals surface area contributed by atoms with Crippen LogP contribution in [0.4, 0.5) is 5.69 Å². The van der Waals surface area contributed by atoms with E-state index in [1.807, 2.05) is 18.2 Å². The minimum absolute atomic E-state index is 0.230. The molecule has 1 aromatic carbocycles. The topological polar surface area (TPSA) is 21.3 Å². The quantitative estimate of drug-likeness (QED) is 0.774. The van der Waals surface area contributed by atoms with Gasteiger partial charge in [0.25, 0.3) is 0 Å². The molecule has 0 radical (unpaired) electrons. The van der Waals surface area contributed by atoms with Crippen molar-refractivity contribution in [2.24, 2.45) is 0 Å². The zero-order valence-electron chi connectivity index (χ0n) is 11.2. The van der Waals surface area contributed by atoms with Gasteiger partial charge >= 0.3 is 0 Å². The first-order valence-corrected chi connectivity index (χ1v) is 7.73. The first-order chi connectivity index (χ1) is 9.20. The molecule has 1 heterocycles. The third kappa shape index (κ3) is 3.88. The third-order valence-corrected chi connectivity index (χ3v) is 3.76. The second kappa shape index (κ2) is 6.83. The van der Waals surface area contributed by atoms with Crippen LogP contribution in [0, 0.1) is 0 Å². The van der Waals surface area contributed by atoms with Crippen molar-refractivity contribution < 1.29 is 4.74 Å². The summed E-state index contributed by atoms with van der Waals surface area (Å²) < 4.78 is 5.74. The second-order valence-corrected chi connectivity index (χ2v) is 5.63. The maximum absolute atomic E-state index is 6.07. The van der Waals surface area contributed by atoms with E-state index in [4.69, 9.17) is 16.3 Å². The van der Waals surface area contributed by atoms with Crippen LogP contribution < -0.4 is 10.1 Å². The minimum Gasteiger partial charge on any atom is -0.491 e. The normalized spacial score (nSPS) is 12.2. The van der Waals surface area contributed by atoms with Crippen LogP contribution in [0.3, 0.4) is 0 Å². The Hall–Kier alpha value is -1.19. The lowest BCUT2D eigenvalue weighted by Gasteiger charge is -2.18. The molecule has 1 aromatic heterocycles. The van der Waals surface area contributed by atoms with E-state index in [0.29, 0.717) is 11.6 Å². The molecule has 0 saturated carbocycles. The summed E-state index contributed by atoms with van der Waals surface area (Å²) in [6, 6.07) is 8.04. The van der Waals surface area contributed by atoms with Crippen molar-refractivity contribution in [3.8, 4) is 5.75 Å². The van der Waals surface area contributed by atoms with Crippen LogP contribution in [0.5, 0.6) is 5.75 Å². The van der Waals surface area contributed by atoms with Gasteiger partial charge in [-0.1, -0.05) is 18.5 Å². The summed E-state index contributed by atoms with van der Waals surface area (Å²) in [5.74, 6) is 0.855.